The van der Waals surface area contributed by atoms with E-state index in [4.69, 9.17) is 5.73 Å². The predicted molar refractivity (Wildman–Crippen MR) is 60.2 cm³/mol. The van der Waals surface area contributed by atoms with Crippen molar-refractivity contribution in [3.63, 3.8) is 0 Å². The van der Waals surface area contributed by atoms with Crippen molar-refractivity contribution in [1.29, 1.82) is 0 Å². The Hall–Kier alpha value is -0.380. The molecule has 1 atom stereocenters. The molecule has 1 rings (SSSR count). The molecule has 0 aromatic carbocycles. The maximum absolute atomic E-state index is 5.67. The summed E-state index contributed by atoms with van der Waals surface area (Å²) in [6.45, 7) is 3.94. The van der Waals surface area contributed by atoms with Crippen molar-refractivity contribution in [3.8, 4) is 0 Å². The molecular formula is C9H19N3S. The Morgan fingerprint density at radius 1 is 1.69 bits per heavy atom. The zero-order chi connectivity index (χ0) is 9.52. The lowest BCUT2D eigenvalue weighted by Gasteiger charge is -2.06. The number of hydrogen-bond donors (Lipinski definition) is 2. The highest BCUT2D eigenvalue weighted by molar-refractivity contribution is 7.99. The summed E-state index contributed by atoms with van der Waals surface area (Å²) in [6, 6.07) is 0. The molecule has 1 unspecified atom stereocenters. The molecule has 0 amide bonds. The van der Waals surface area contributed by atoms with Crippen LogP contribution in [-0.2, 0) is 0 Å². The van der Waals surface area contributed by atoms with E-state index < -0.39 is 0 Å². The molecular weight excluding hydrogens is 182 g/mol. The molecule has 0 radical (unpaired) electrons. The van der Waals surface area contributed by atoms with Crippen molar-refractivity contribution in [1.82, 2.24) is 5.32 Å². The molecule has 3 nitrogen and oxygen atoms in total. The fourth-order valence-corrected chi connectivity index (χ4v) is 2.54. The van der Waals surface area contributed by atoms with Gasteiger partial charge in [-0.25, -0.2) is 0 Å². The van der Waals surface area contributed by atoms with Gasteiger partial charge < -0.3 is 11.1 Å². The van der Waals surface area contributed by atoms with E-state index in [1.54, 1.807) is 0 Å². The minimum absolute atomic E-state index is 0.610. The minimum atomic E-state index is 0.610. The smallest absolute Gasteiger partial charge is 0.188 e. The van der Waals surface area contributed by atoms with Crippen LogP contribution in [0.4, 0.5) is 0 Å². The van der Waals surface area contributed by atoms with E-state index in [9.17, 15) is 0 Å². The summed E-state index contributed by atoms with van der Waals surface area (Å²) < 4.78 is 0. The minimum Gasteiger partial charge on any atom is -0.370 e. The van der Waals surface area contributed by atoms with Crippen molar-refractivity contribution in [2.45, 2.75) is 19.8 Å². The quantitative estimate of drug-likeness (QED) is 0.528. The molecule has 76 valence electrons. The molecule has 1 fully saturated rings. The van der Waals surface area contributed by atoms with E-state index in [0.717, 1.165) is 25.4 Å². The van der Waals surface area contributed by atoms with Gasteiger partial charge >= 0.3 is 0 Å². The predicted octanol–water partition coefficient (Wildman–Crippen LogP) is 1.05. The Balaban J connectivity index is 2.13. The molecule has 0 aromatic rings. The van der Waals surface area contributed by atoms with Crippen LogP contribution in [-0.4, -0.2) is 30.6 Å². The van der Waals surface area contributed by atoms with Crippen LogP contribution in [0.3, 0.4) is 0 Å². The maximum atomic E-state index is 5.67. The third-order valence-corrected chi connectivity index (χ3v) is 3.33. The second kappa shape index (κ2) is 6.13. The summed E-state index contributed by atoms with van der Waals surface area (Å²) in [5, 5.41) is 3.08. The number of aliphatic imine (C=N–C) groups is 1. The monoisotopic (exact) mass is 201 g/mol. The Morgan fingerprint density at radius 3 is 3.15 bits per heavy atom. The molecule has 13 heavy (non-hydrogen) atoms. The van der Waals surface area contributed by atoms with Crippen molar-refractivity contribution in [2.75, 3.05) is 24.6 Å². The van der Waals surface area contributed by atoms with Crippen LogP contribution in [0.25, 0.3) is 0 Å². The van der Waals surface area contributed by atoms with Crippen molar-refractivity contribution in [2.24, 2.45) is 16.6 Å². The molecule has 4 heteroatoms. The molecule has 1 heterocycles. The molecule has 0 aliphatic carbocycles. The zero-order valence-electron chi connectivity index (χ0n) is 8.25. The first-order valence-corrected chi connectivity index (χ1v) is 6.10. The molecule has 1 aliphatic rings. The van der Waals surface area contributed by atoms with Crippen LogP contribution in [0.2, 0.25) is 0 Å². The largest absolute Gasteiger partial charge is 0.370 e. The van der Waals surface area contributed by atoms with Gasteiger partial charge in [0.15, 0.2) is 5.96 Å². The van der Waals surface area contributed by atoms with Crippen LogP contribution in [0.15, 0.2) is 4.99 Å². The Kier molecular flexibility index (Phi) is 5.05. The molecule has 0 spiro atoms. The van der Waals surface area contributed by atoms with Crippen LogP contribution < -0.4 is 11.1 Å². The van der Waals surface area contributed by atoms with Crippen molar-refractivity contribution < 1.29 is 0 Å². The lowest BCUT2D eigenvalue weighted by atomic mass is 10.1. The van der Waals surface area contributed by atoms with Gasteiger partial charge in [-0.3, -0.25) is 4.99 Å². The standard InChI is InChI=1S/C9H19N3S/c1-2-4-11-9(10)12-6-8-3-5-13-7-8/h8H,2-7H2,1H3,(H3,10,11,12). The summed E-state index contributed by atoms with van der Waals surface area (Å²) in [4.78, 5) is 4.31. The van der Waals surface area contributed by atoms with Gasteiger partial charge in [0.1, 0.15) is 0 Å². The van der Waals surface area contributed by atoms with E-state index in [-0.39, 0.29) is 0 Å². The van der Waals surface area contributed by atoms with E-state index >= 15 is 0 Å². The highest BCUT2D eigenvalue weighted by Gasteiger charge is 2.14. The Labute approximate surface area is 84.6 Å². The maximum Gasteiger partial charge on any atom is 0.188 e. The van der Waals surface area contributed by atoms with Crippen LogP contribution >= 0.6 is 11.8 Å². The van der Waals surface area contributed by atoms with Crippen molar-refractivity contribution in [3.05, 3.63) is 0 Å². The highest BCUT2D eigenvalue weighted by Crippen LogP contribution is 2.23. The fourth-order valence-electron chi connectivity index (χ4n) is 1.26. The lowest BCUT2D eigenvalue weighted by molar-refractivity contribution is 0.610. The number of rotatable bonds is 4. The first kappa shape index (κ1) is 10.7. The van der Waals surface area contributed by atoms with Gasteiger partial charge in [-0.15, -0.1) is 0 Å². The molecule has 0 aromatic heterocycles. The van der Waals surface area contributed by atoms with Gasteiger partial charge in [0.05, 0.1) is 0 Å². The van der Waals surface area contributed by atoms with Gasteiger partial charge in [-0.1, -0.05) is 6.92 Å². The summed E-state index contributed by atoms with van der Waals surface area (Å²) in [6.07, 6.45) is 2.39. The number of nitrogens with zero attached hydrogens (tertiary/aromatic N) is 1. The van der Waals surface area contributed by atoms with E-state index in [2.05, 4.69) is 17.2 Å². The third kappa shape index (κ3) is 4.41. The summed E-state index contributed by atoms with van der Waals surface area (Å²) in [7, 11) is 0. The topological polar surface area (TPSA) is 50.4 Å². The first-order valence-electron chi connectivity index (χ1n) is 4.94. The zero-order valence-corrected chi connectivity index (χ0v) is 9.07. The Bertz CT molecular complexity index is 164. The molecule has 3 N–H and O–H groups in total. The summed E-state index contributed by atoms with van der Waals surface area (Å²) >= 11 is 2.02. The summed E-state index contributed by atoms with van der Waals surface area (Å²) in [5.74, 6) is 3.92. The normalized spacial score (nSPS) is 23.5. The number of nitrogens with one attached hydrogen (secondary N) is 1. The van der Waals surface area contributed by atoms with E-state index in [1.165, 1.54) is 17.9 Å². The fraction of sp³-hybridized carbons (Fsp3) is 0.889. The number of hydrogen-bond acceptors (Lipinski definition) is 2. The lowest BCUT2D eigenvalue weighted by Crippen LogP contribution is -2.32. The number of guanidine groups is 1. The molecule has 1 aliphatic heterocycles. The van der Waals surface area contributed by atoms with Crippen LogP contribution in [0.1, 0.15) is 19.8 Å². The van der Waals surface area contributed by atoms with E-state index in [0.29, 0.717) is 5.96 Å². The van der Waals surface area contributed by atoms with Crippen LogP contribution in [0, 0.1) is 5.92 Å². The number of nitrogens with two attached hydrogens (primary N) is 1. The van der Waals surface area contributed by atoms with Gasteiger partial charge in [-0.05, 0) is 30.3 Å². The molecule has 0 bridgehead atoms. The second-order valence-corrected chi connectivity index (χ2v) is 4.53. The molecule has 1 saturated heterocycles. The average Bonchev–Trinajstić information content (AvgIpc) is 2.64. The highest BCUT2D eigenvalue weighted by atomic mass is 32.2. The first-order chi connectivity index (χ1) is 6.33. The van der Waals surface area contributed by atoms with Gasteiger partial charge in [0.25, 0.3) is 0 Å². The van der Waals surface area contributed by atoms with Crippen molar-refractivity contribution >= 4 is 17.7 Å². The average molecular weight is 201 g/mol. The second-order valence-electron chi connectivity index (χ2n) is 3.38. The molecule has 0 saturated carbocycles. The Morgan fingerprint density at radius 2 is 2.54 bits per heavy atom. The van der Waals surface area contributed by atoms with Crippen LogP contribution in [0.5, 0.6) is 0 Å². The van der Waals surface area contributed by atoms with Gasteiger partial charge in [0, 0.05) is 13.1 Å². The van der Waals surface area contributed by atoms with Gasteiger partial charge in [0.2, 0.25) is 0 Å². The summed E-state index contributed by atoms with van der Waals surface area (Å²) in [5.41, 5.74) is 5.67. The third-order valence-electron chi connectivity index (χ3n) is 2.10. The van der Waals surface area contributed by atoms with E-state index in [1.807, 2.05) is 11.8 Å². The SMILES string of the molecule is CCCNC(N)=NCC1CCSC1. The van der Waals surface area contributed by atoms with Gasteiger partial charge in [-0.2, -0.15) is 11.8 Å². The number of thioether (sulfide) groups is 1.